The van der Waals surface area contributed by atoms with Crippen LogP contribution in [0.1, 0.15) is 94.4 Å². The van der Waals surface area contributed by atoms with Crippen molar-refractivity contribution >= 4 is 11.6 Å². The van der Waals surface area contributed by atoms with Gasteiger partial charge in [0.2, 0.25) is 0 Å². The average Bonchev–Trinajstić information content (AvgIpc) is 3.32. The van der Waals surface area contributed by atoms with E-state index in [9.17, 15) is 9.59 Å². The van der Waals surface area contributed by atoms with Gasteiger partial charge in [-0.3, -0.25) is 9.59 Å². The molecule has 4 aliphatic carbocycles. The van der Waals surface area contributed by atoms with Crippen molar-refractivity contribution in [1.82, 2.24) is 0 Å². The number of fused-ring (bicyclic) bond motifs is 2. The summed E-state index contributed by atoms with van der Waals surface area (Å²) in [7, 11) is 0. The minimum atomic E-state index is -0.967. The summed E-state index contributed by atoms with van der Waals surface area (Å²) in [5.41, 5.74) is -0.627. The number of allylic oxidation sites excluding steroid dienone is 2. The number of carbonyl (C=O) groups is 2. The van der Waals surface area contributed by atoms with Crippen molar-refractivity contribution < 1.29 is 14.3 Å². The smallest absolute Gasteiger partial charge is 0.175 e. The Balaban J connectivity index is 1.63. The fraction of sp³-hybridized carbons (Fsp3) is 0.862. The predicted octanol–water partition coefficient (Wildman–Crippen LogP) is 6.60. The summed E-state index contributed by atoms with van der Waals surface area (Å²) in [4.78, 5) is 27.2. The molecule has 0 bridgehead atoms. The normalized spacial score (nSPS) is 46.3. The zero-order valence-corrected chi connectivity index (χ0v) is 21.8. The van der Waals surface area contributed by atoms with Crippen LogP contribution in [-0.4, -0.2) is 17.2 Å². The standard InChI is InChI=1S/C29H44O3/c1-15(2)18-11-10-17(5)29-13-12-28(22(29)21(18)29)14-19(16(3)4)20-23(30)26(6,7)25(31)27(8,9)24(20)32-28/h15-19,21-22H,10-14H2,1-9H3/t17-,18+,19+,21-,22+,28-,29-/m1/s1. The molecule has 32 heavy (non-hydrogen) atoms. The molecule has 0 radical (unpaired) electrons. The molecule has 0 aromatic carbocycles. The molecule has 3 saturated carbocycles. The molecule has 2 spiro atoms. The van der Waals surface area contributed by atoms with Crippen molar-refractivity contribution in [2.24, 2.45) is 57.7 Å². The molecule has 1 heterocycles. The van der Waals surface area contributed by atoms with Gasteiger partial charge in [-0.05, 0) is 101 Å². The number of ether oxygens (including phenoxy) is 1. The highest BCUT2D eigenvalue weighted by Crippen LogP contribution is 2.82. The van der Waals surface area contributed by atoms with E-state index in [1.807, 2.05) is 27.7 Å². The minimum Gasteiger partial charge on any atom is -0.490 e. The Morgan fingerprint density at radius 2 is 1.56 bits per heavy atom. The molecule has 0 aromatic heterocycles. The van der Waals surface area contributed by atoms with Gasteiger partial charge in [-0.1, -0.05) is 34.6 Å². The van der Waals surface area contributed by atoms with Crippen LogP contribution in [0.25, 0.3) is 0 Å². The van der Waals surface area contributed by atoms with E-state index in [2.05, 4.69) is 34.6 Å². The Labute approximate surface area is 195 Å². The molecule has 3 nitrogen and oxygen atoms in total. The number of rotatable bonds is 2. The van der Waals surface area contributed by atoms with Crippen LogP contribution in [-0.2, 0) is 14.3 Å². The van der Waals surface area contributed by atoms with Gasteiger partial charge >= 0.3 is 0 Å². The van der Waals surface area contributed by atoms with Gasteiger partial charge in [0.25, 0.3) is 0 Å². The maximum Gasteiger partial charge on any atom is 0.175 e. The maximum absolute atomic E-state index is 13.7. The van der Waals surface area contributed by atoms with Crippen molar-refractivity contribution in [3.8, 4) is 0 Å². The summed E-state index contributed by atoms with van der Waals surface area (Å²) < 4.78 is 7.12. The summed E-state index contributed by atoms with van der Waals surface area (Å²) >= 11 is 0. The van der Waals surface area contributed by atoms with Crippen LogP contribution in [0.5, 0.6) is 0 Å². The number of ketones is 2. The molecule has 5 aliphatic rings. The van der Waals surface area contributed by atoms with Crippen molar-refractivity contribution in [1.29, 1.82) is 0 Å². The van der Waals surface area contributed by atoms with Gasteiger partial charge in [0, 0.05) is 11.5 Å². The fourth-order valence-electron chi connectivity index (χ4n) is 9.29. The van der Waals surface area contributed by atoms with Gasteiger partial charge in [0.05, 0.1) is 10.8 Å². The zero-order valence-electron chi connectivity index (χ0n) is 21.8. The molecule has 7 atom stereocenters. The van der Waals surface area contributed by atoms with Gasteiger partial charge in [-0.2, -0.15) is 0 Å². The Hall–Kier alpha value is -1.12. The number of hydrogen-bond acceptors (Lipinski definition) is 3. The third-order valence-corrected chi connectivity index (χ3v) is 11.0. The number of carbonyl (C=O) groups excluding carboxylic acids is 2. The monoisotopic (exact) mass is 440 g/mol. The number of hydrogen-bond donors (Lipinski definition) is 0. The molecule has 3 fully saturated rings. The highest BCUT2D eigenvalue weighted by atomic mass is 16.5. The number of Topliss-reactive ketones (excluding diaryl/α,β-unsaturated/α-hetero) is 2. The Kier molecular flexibility index (Phi) is 4.61. The van der Waals surface area contributed by atoms with Crippen LogP contribution in [0, 0.1) is 57.7 Å². The predicted molar refractivity (Wildman–Crippen MR) is 127 cm³/mol. The van der Waals surface area contributed by atoms with Crippen molar-refractivity contribution in [3.05, 3.63) is 11.3 Å². The Morgan fingerprint density at radius 1 is 0.906 bits per heavy atom. The van der Waals surface area contributed by atoms with Gasteiger partial charge in [-0.25, -0.2) is 0 Å². The Bertz CT molecular complexity index is 905. The second-order valence-electron chi connectivity index (χ2n) is 13.9. The van der Waals surface area contributed by atoms with Gasteiger partial charge in [-0.15, -0.1) is 0 Å². The van der Waals surface area contributed by atoms with E-state index in [-0.39, 0.29) is 23.1 Å². The van der Waals surface area contributed by atoms with Crippen molar-refractivity contribution in [3.63, 3.8) is 0 Å². The van der Waals surface area contributed by atoms with Crippen LogP contribution in [0.2, 0.25) is 0 Å². The van der Waals surface area contributed by atoms with E-state index < -0.39 is 10.8 Å². The SMILES string of the molecule is CC(C)[C@@H]1C[C@@]2(CC[C@]34[C@H]([C@H](C(C)C)CC[C@H]3C)[C@@H]24)OC2=C1C(=O)C(C)(C)C(=O)C2(C)C. The zero-order chi connectivity index (χ0) is 23.6. The van der Waals surface area contributed by atoms with Crippen LogP contribution in [0.4, 0.5) is 0 Å². The minimum absolute atomic E-state index is 0.0136. The summed E-state index contributed by atoms with van der Waals surface area (Å²) in [6, 6.07) is 0. The van der Waals surface area contributed by atoms with Gasteiger partial charge < -0.3 is 4.74 Å². The lowest BCUT2D eigenvalue weighted by atomic mass is 9.58. The molecule has 0 N–H and O–H groups in total. The lowest BCUT2D eigenvalue weighted by Gasteiger charge is -2.51. The van der Waals surface area contributed by atoms with E-state index in [1.165, 1.54) is 19.3 Å². The van der Waals surface area contributed by atoms with E-state index in [1.54, 1.807) is 0 Å². The summed E-state index contributed by atoms with van der Waals surface area (Å²) in [5, 5.41) is 0. The summed E-state index contributed by atoms with van der Waals surface area (Å²) in [5.74, 6) is 4.91. The van der Waals surface area contributed by atoms with Gasteiger partial charge in [0.15, 0.2) is 11.6 Å². The fourth-order valence-corrected chi connectivity index (χ4v) is 9.29. The topological polar surface area (TPSA) is 43.4 Å². The highest BCUT2D eigenvalue weighted by molar-refractivity contribution is 6.19. The largest absolute Gasteiger partial charge is 0.490 e. The van der Waals surface area contributed by atoms with Crippen molar-refractivity contribution in [2.75, 3.05) is 0 Å². The van der Waals surface area contributed by atoms with E-state index in [4.69, 9.17) is 4.74 Å². The first-order valence-electron chi connectivity index (χ1n) is 13.3. The Morgan fingerprint density at radius 3 is 2.16 bits per heavy atom. The van der Waals surface area contributed by atoms with E-state index in [0.29, 0.717) is 23.2 Å². The second-order valence-corrected chi connectivity index (χ2v) is 13.9. The van der Waals surface area contributed by atoms with E-state index in [0.717, 1.165) is 41.9 Å². The molecule has 0 saturated heterocycles. The molecule has 3 heteroatoms. The first-order valence-corrected chi connectivity index (χ1v) is 13.3. The second kappa shape index (κ2) is 6.51. The summed E-state index contributed by atoms with van der Waals surface area (Å²) in [6.45, 7) is 19.4. The first kappa shape index (κ1) is 22.7. The molecule has 0 aromatic rings. The van der Waals surface area contributed by atoms with Crippen LogP contribution in [0.15, 0.2) is 11.3 Å². The van der Waals surface area contributed by atoms with E-state index >= 15 is 0 Å². The lowest BCUT2D eigenvalue weighted by Crippen LogP contribution is -2.55. The highest BCUT2D eigenvalue weighted by Gasteiger charge is 2.81. The average molecular weight is 441 g/mol. The lowest BCUT2D eigenvalue weighted by molar-refractivity contribution is -0.153. The van der Waals surface area contributed by atoms with Crippen LogP contribution >= 0.6 is 0 Å². The molecule has 0 amide bonds. The molecule has 0 unspecified atom stereocenters. The van der Waals surface area contributed by atoms with Gasteiger partial charge in [0.1, 0.15) is 11.4 Å². The van der Waals surface area contributed by atoms with Crippen LogP contribution < -0.4 is 0 Å². The third-order valence-electron chi connectivity index (χ3n) is 11.0. The summed E-state index contributed by atoms with van der Waals surface area (Å²) in [6.07, 6.45) is 5.98. The maximum atomic E-state index is 13.7. The van der Waals surface area contributed by atoms with Crippen LogP contribution in [0.3, 0.4) is 0 Å². The molecule has 5 rings (SSSR count). The van der Waals surface area contributed by atoms with Crippen molar-refractivity contribution in [2.45, 2.75) is 100 Å². The molecule has 178 valence electrons. The third kappa shape index (κ3) is 2.49. The quantitative estimate of drug-likeness (QED) is 0.454. The molecular weight excluding hydrogens is 396 g/mol. The first-order chi connectivity index (χ1) is 14.7. The molecular formula is C29H44O3. The molecule has 1 aliphatic heterocycles.